The lowest BCUT2D eigenvalue weighted by molar-refractivity contribution is 0.227. The average Bonchev–Trinajstić information content (AvgIpc) is 2.18. The highest BCUT2D eigenvalue weighted by atomic mass is 15.2. The summed E-state index contributed by atoms with van der Waals surface area (Å²) < 4.78 is 0. The molecule has 90 valence electrons. The summed E-state index contributed by atoms with van der Waals surface area (Å²) in [5.41, 5.74) is 3.26. The fraction of sp³-hybridized carbons (Fsp3) is 1.00. The number of rotatable bonds is 4. The van der Waals surface area contributed by atoms with E-state index in [0.29, 0.717) is 6.04 Å². The van der Waals surface area contributed by atoms with E-state index in [2.05, 4.69) is 26.2 Å². The fourth-order valence-electron chi connectivity index (χ4n) is 2.64. The summed E-state index contributed by atoms with van der Waals surface area (Å²) in [7, 11) is 0. The van der Waals surface area contributed by atoms with Crippen molar-refractivity contribution in [3.63, 3.8) is 0 Å². The molecule has 0 spiro atoms. The van der Waals surface area contributed by atoms with Crippen LogP contribution in [0.4, 0.5) is 0 Å². The van der Waals surface area contributed by atoms with Gasteiger partial charge in [-0.3, -0.25) is 11.3 Å². The van der Waals surface area contributed by atoms with Crippen LogP contribution in [0.25, 0.3) is 0 Å². The van der Waals surface area contributed by atoms with E-state index >= 15 is 0 Å². The molecule has 0 radical (unpaired) electrons. The van der Waals surface area contributed by atoms with Gasteiger partial charge in [0.05, 0.1) is 0 Å². The highest BCUT2D eigenvalue weighted by molar-refractivity contribution is 4.80. The third kappa shape index (κ3) is 4.52. The molecule has 0 aromatic rings. The molecule has 1 aliphatic carbocycles. The van der Waals surface area contributed by atoms with Crippen molar-refractivity contribution in [2.75, 3.05) is 0 Å². The summed E-state index contributed by atoms with van der Waals surface area (Å²) in [6.07, 6.45) is 9.82. The van der Waals surface area contributed by atoms with Crippen LogP contribution in [-0.4, -0.2) is 6.04 Å². The molecule has 0 heterocycles. The lowest BCUT2D eigenvalue weighted by Gasteiger charge is -2.32. The molecule has 2 heteroatoms. The second-order valence-electron chi connectivity index (χ2n) is 6.17. The lowest BCUT2D eigenvalue weighted by atomic mass is 9.80. The third-order valence-electron chi connectivity index (χ3n) is 3.83. The quantitative estimate of drug-likeness (QED) is 0.554. The van der Waals surface area contributed by atoms with E-state index < -0.39 is 0 Å². The smallest absolute Gasteiger partial charge is 0.0259 e. The largest absolute Gasteiger partial charge is 0.271 e. The van der Waals surface area contributed by atoms with Gasteiger partial charge >= 0.3 is 0 Å². The summed E-state index contributed by atoms with van der Waals surface area (Å²) in [4.78, 5) is 0. The highest BCUT2D eigenvalue weighted by Gasteiger charge is 2.24. The normalized spacial score (nSPS) is 21.6. The summed E-state index contributed by atoms with van der Waals surface area (Å²) >= 11 is 0. The zero-order valence-corrected chi connectivity index (χ0v) is 10.7. The molecule has 0 bridgehead atoms. The first-order valence-electron chi connectivity index (χ1n) is 6.50. The Morgan fingerprint density at radius 1 is 1.20 bits per heavy atom. The second kappa shape index (κ2) is 5.86. The van der Waals surface area contributed by atoms with Crippen molar-refractivity contribution in [1.29, 1.82) is 0 Å². The van der Waals surface area contributed by atoms with Crippen LogP contribution in [0.15, 0.2) is 0 Å². The Hall–Kier alpha value is -0.0800. The zero-order chi connectivity index (χ0) is 11.3. The number of hydrogen-bond acceptors (Lipinski definition) is 2. The monoisotopic (exact) mass is 212 g/mol. The van der Waals surface area contributed by atoms with E-state index in [1.54, 1.807) is 0 Å². The van der Waals surface area contributed by atoms with Crippen molar-refractivity contribution < 1.29 is 0 Å². The Balaban J connectivity index is 2.27. The Morgan fingerprint density at radius 2 is 1.80 bits per heavy atom. The van der Waals surface area contributed by atoms with Gasteiger partial charge in [-0.05, 0) is 24.2 Å². The zero-order valence-electron chi connectivity index (χ0n) is 10.7. The van der Waals surface area contributed by atoms with E-state index in [-0.39, 0.29) is 5.41 Å². The van der Waals surface area contributed by atoms with Crippen LogP contribution in [0.2, 0.25) is 0 Å². The molecule has 0 amide bonds. The molecule has 0 aromatic carbocycles. The highest BCUT2D eigenvalue weighted by Crippen LogP contribution is 2.30. The van der Waals surface area contributed by atoms with Crippen molar-refractivity contribution in [2.45, 2.75) is 71.8 Å². The molecule has 15 heavy (non-hydrogen) atoms. The predicted molar refractivity (Wildman–Crippen MR) is 66.4 cm³/mol. The van der Waals surface area contributed by atoms with Crippen molar-refractivity contribution in [2.24, 2.45) is 17.2 Å². The molecule has 2 nitrogen and oxygen atoms in total. The van der Waals surface area contributed by atoms with Crippen molar-refractivity contribution in [3.8, 4) is 0 Å². The summed E-state index contributed by atoms with van der Waals surface area (Å²) in [6.45, 7) is 6.79. The average molecular weight is 212 g/mol. The minimum Gasteiger partial charge on any atom is -0.271 e. The van der Waals surface area contributed by atoms with Gasteiger partial charge in [-0.2, -0.15) is 0 Å². The summed E-state index contributed by atoms with van der Waals surface area (Å²) in [5, 5.41) is 0. The molecule has 1 aliphatic rings. The molecular weight excluding hydrogens is 184 g/mol. The molecule has 1 rings (SSSR count). The Bertz CT molecular complexity index is 166. The van der Waals surface area contributed by atoms with Crippen molar-refractivity contribution in [1.82, 2.24) is 5.43 Å². The van der Waals surface area contributed by atoms with Gasteiger partial charge in [0, 0.05) is 6.04 Å². The van der Waals surface area contributed by atoms with E-state index in [1.807, 2.05) is 0 Å². The van der Waals surface area contributed by atoms with Gasteiger partial charge in [-0.1, -0.05) is 52.9 Å². The first-order valence-corrected chi connectivity index (χ1v) is 6.50. The van der Waals surface area contributed by atoms with Crippen LogP contribution in [0, 0.1) is 11.3 Å². The van der Waals surface area contributed by atoms with Gasteiger partial charge < -0.3 is 0 Å². The van der Waals surface area contributed by atoms with Crippen LogP contribution < -0.4 is 11.3 Å². The Kier molecular flexibility index (Phi) is 5.07. The predicted octanol–water partition coefficient (Wildman–Crippen LogP) is 3.22. The molecular formula is C13H28N2. The molecule has 3 N–H and O–H groups in total. The van der Waals surface area contributed by atoms with Gasteiger partial charge in [0.2, 0.25) is 0 Å². The number of hydrazine groups is 1. The van der Waals surface area contributed by atoms with Crippen LogP contribution >= 0.6 is 0 Å². The van der Waals surface area contributed by atoms with E-state index in [0.717, 1.165) is 5.92 Å². The first-order chi connectivity index (χ1) is 7.04. The van der Waals surface area contributed by atoms with Crippen LogP contribution in [0.5, 0.6) is 0 Å². The van der Waals surface area contributed by atoms with Gasteiger partial charge in [-0.25, -0.2) is 0 Å². The van der Waals surface area contributed by atoms with Gasteiger partial charge in [0.15, 0.2) is 0 Å². The first kappa shape index (κ1) is 13.0. The Morgan fingerprint density at radius 3 is 2.27 bits per heavy atom. The SMILES string of the molecule is CC(C)(C)C(CCC1CCCCC1)NN. The van der Waals surface area contributed by atoms with E-state index in [9.17, 15) is 0 Å². The maximum absolute atomic E-state index is 5.62. The van der Waals surface area contributed by atoms with Crippen molar-refractivity contribution >= 4 is 0 Å². The molecule has 0 aromatic heterocycles. The van der Waals surface area contributed by atoms with Crippen molar-refractivity contribution in [3.05, 3.63) is 0 Å². The van der Waals surface area contributed by atoms with Crippen LogP contribution in [0.3, 0.4) is 0 Å². The lowest BCUT2D eigenvalue weighted by Crippen LogP contribution is -2.44. The minimum atomic E-state index is 0.281. The number of hydrogen-bond donors (Lipinski definition) is 2. The topological polar surface area (TPSA) is 38.0 Å². The molecule has 0 saturated heterocycles. The van der Waals surface area contributed by atoms with Gasteiger partial charge in [0.25, 0.3) is 0 Å². The molecule has 1 fully saturated rings. The molecule has 1 saturated carbocycles. The third-order valence-corrected chi connectivity index (χ3v) is 3.83. The molecule has 1 atom stereocenters. The van der Waals surface area contributed by atoms with Crippen LogP contribution in [-0.2, 0) is 0 Å². The van der Waals surface area contributed by atoms with E-state index in [1.165, 1.54) is 44.9 Å². The maximum atomic E-state index is 5.62. The van der Waals surface area contributed by atoms with Gasteiger partial charge in [0.1, 0.15) is 0 Å². The van der Waals surface area contributed by atoms with Crippen LogP contribution in [0.1, 0.15) is 65.7 Å². The maximum Gasteiger partial charge on any atom is 0.0259 e. The molecule has 1 unspecified atom stereocenters. The minimum absolute atomic E-state index is 0.281. The summed E-state index contributed by atoms with van der Waals surface area (Å²) in [5.74, 6) is 6.59. The Labute approximate surface area is 95.0 Å². The van der Waals surface area contributed by atoms with Gasteiger partial charge in [-0.15, -0.1) is 0 Å². The fourth-order valence-corrected chi connectivity index (χ4v) is 2.64. The number of nitrogens with two attached hydrogens (primary N) is 1. The molecule has 0 aliphatic heterocycles. The standard InChI is InChI=1S/C13H28N2/c1-13(2,3)12(15-14)10-9-11-7-5-4-6-8-11/h11-12,15H,4-10,14H2,1-3H3. The second-order valence-corrected chi connectivity index (χ2v) is 6.17. The summed E-state index contributed by atoms with van der Waals surface area (Å²) in [6, 6.07) is 0.458. The number of nitrogens with one attached hydrogen (secondary N) is 1. The van der Waals surface area contributed by atoms with E-state index in [4.69, 9.17) is 5.84 Å².